The topological polar surface area (TPSA) is 73.6 Å². The number of carbonyl (C=O) groups excluding carboxylic acids is 1. The Kier molecular flexibility index (Phi) is 4.92. The van der Waals surface area contributed by atoms with E-state index in [0.29, 0.717) is 31.5 Å². The molecule has 0 aliphatic carbocycles. The first-order chi connectivity index (χ1) is 11.2. The van der Waals surface area contributed by atoms with Gasteiger partial charge in [-0.15, -0.1) is 5.10 Å². The summed E-state index contributed by atoms with van der Waals surface area (Å²) in [5.41, 5.74) is 0. The molecule has 7 nitrogen and oxygen atoms in total. The Hall–Kier alpha value is -1.93. The van der Waals surface area contributed by atoms with Gasteiger partial charge >= 0.3 is 5.97 Å². The first kappa shape index (κ1) is 15.9. The van der Waals surface area contributed by atoms with Crippen molar-refractivity contribution in [2.24, 2.45) is 5.92 Å². The molecule has 1 atom stereocenters. The van der Waals surface area contributed by atoms with Gasteiger partial charge in [-0.1, -0.05) is 0 Å². The average Bonchev–Trinajstić information content (AvgIpc) is 3.18. The Balaban J connectivity index is 1.67. The molecule has 3 heterocycles. The van der Waals surface area contributed by atoms with E-state index in [1.807, 2.05) is 6.92 Å². The monoisotopic (exact) mass is 337 g/mol. The minimum atomic E-state index is -0.128. The van der Waals surface area contributed by atoms with Crippen LogP contribution in [0.15, 0.2) is 27.2 Å². The Morgan fingerprint density at radius 2 is 2.43 bits per heavy atom. The average molecular weight is 337 g/mol. The van der Waals surface area contributed by atoms with E-state index in [1.54, 1.807) is 23.1 Å². The number of hydrogen-bond donors (Lipinski definition) is 0. The van der Waals surface area contributed by atoms with Crippen molar-refractivity contribution in [3.05, 3.63) is 23.2 Å². The van der Waals surface area contributed by atoms with Crippen LogP contribution in [0.4, 0.5) is 0 Å². The van der Waals surface area contributed by atoms with Crippen molar-refractivity contribution < 1.29 is 18.4 Å². The molecule has 1 saturated heterocycles. The fourth-order valence-corrected chi connectivity index (χ4v) is 2.90. The smallest absolute Gasteiger partial charge is 0.310 e. The number of esters is 1. The van der Waals surface area contributed by atoms with Crippen LogP contribution in [-0.4, -0.2) is 40.3 Å². The number of rotatable bonds is 5. The summed E-state index contributed by atoms with van der Waals surface area (Å²) in [5, 5.41) is 4.35. The molecule has 2 aromatic rings. The van der Waals surface area contributed by atoms with Crippen LogP contribution in [-0.2, 0) is 16.2 Å². The van der Waals surface area contributed by atoms with Crippen molar-refractivity contribution in [2.45, 2.75) is 26.4 Å². The second kappa shape index (κ2) is 7.10. The molecule has 124 valence electrons. The maximum absolute atomic E-state index is 11.9. The lowest BCUT2D eigenvalue weighted by Crippen LogP contribution is -2.40. The van der Waals surface area contributed by atoms with Gasteiger partial charge in [-0.05, 0) is 50.7 Å². The SMILES string of the molecule is CCOC(=O)[C@H]1CCCN(Cn2nc(-c3ccco3)oc2=S)C1. The molecule has 3 rings (SSSR count). The van der Waals surface area contributed by atoms with Crippen LogP contribution in [0.2, 0.25) is 0 Å². The number of aromatic nitrogens is 2. The lowest BCUT2D eigenvalue weighted by molar-refractivity contribution is -0.150. The highest BCUT2D eigenvalue weighted by Crippen LogP contribution is 2.21. The highest BCUT2D eigenvalue weighted by Gasteiger charge is 2.27. The van der Waals surface area contributed by atoms with Gasteiger partial charge in [-0.2, -0.15) is 0 Å². The van der Waals surface area contributed by atoms with Crippen LogP contribution < -0.4 is 0 Å². The molecule has 23 heavy (non-hydrogen) atoms. The predicted octanol–water partition coefficient (Wildman–Crippen LogP) is 2.70. The summed E-state index contributed by atoms with van der Waals surface area (Å²) in [6.07, 6.45) is 3.36. The summed E-state index contributed by atoms with van der Waals surface area (Å²) in [6, 6.07) is 3.53. The molecule has 0 saturated carbocycles. The Morgan fingerprint density at radius 3 is 3.17 bits per heavy atom. The highest BCUT2D eigenvalue weighted by atomic mass is 32.1. The molecule has 1 fully saturated rings. The van der Waals surface area contributed by atoms with E-state index >= 15 is 0 Å². The lowest BCUT2D eigenvalue weighted by Gasteiger charge is -2.30. The Labute approximate surface area is 138 Å². The van der Waals surface area contributed by atoms with Crippen LogP contribution in [0.5, 0.6) is 0 Å². The first-order valence-electron chi connectivity index (χ1n) is 7.68. The first-order valence-corrected chi connectivity index (χ1v) is 8.09. The maximum Gasteiger partial charge on any atom is 0.310 e. The largest absolute Gasteiger partial charge is 0.466 e. The lowest BCUT2D eigenvalue weighted by atomic mass is 9.99. The summed E-state index contributed by atoms with van der Waals surface area (Å²) in [4.78, 5) is 14.3. The van der Waals surface area contributed by atoms with E-state index in [-0.39, 0.29) is 16.7 Å². The molecule has 0 spiro atoms. The van der Waals surface area contributed by atoms with Crippen molar-refractivity contribution in [3.63, 3.8) is 0 Å². The normalized spacial score (nSPS) is 18.9. The van der Waals surface area contributed by atoms with Gasteiger partial charge in [0.25, 0.3) is 10.7 Å². The minimum absolute atomic E-state index is 0.0886. The molecule has 0 amide bonds. The van der Waals surface area contributed by atoms with Gasteiger partial charge in [0, 0.05) is 6.54 Å². The summed E-state index contributed by atoms with van der Waals surface area (Å²) >= 11 is 5.21. The van der Waals surface area contributed by atoms with Crippen LogP contribution in [0.1, 0.15) is 19.8 Å². The van der Waals surface area contributed by atoms with Gasteiger partial charge in [0.2, 0.25) is 0 Å². The molecule has 0 bridgehead atoms. The van der Waals surface area contributed by atoms with Crippen molar-refractivity contribution in [1.29, 1.82) is 0 Å². The van der Waals surface area contributed by atoms with Crippen LogP contribution in [0.25, 0.3) is 11.7 Å². The van der Waals surface area contributed by atoms with E-state index < -0.39 is 0 Å². The summed E-state index contributed by atoms with van der Waals surface area (Å²) in [6.45, 7) is 4.25. The number of ether oxygens (including phenoxy) is 1. The van der Waals surface area contributed by atoms with Gasteiger partial charge in [-0.25, -0.2) is 4.68 Å². The fraction of sp³-hybridized carbons (Fsp3) is 0.533. The third kappa shape index (κ3) is 3.70. The highest BCUT2D eigenvalue weighted by molar-refractivity contribution is 7.71. The van der Waals surface area contributed by atoms with Crippen molar-refractivity contribution in [3.8, 4) is 11.7 Å². The van der Waals surface area contributed by atoms with Gasteiger partial charge in [0.05, 0.1) is 25.5 Å². The Bertz CT molecular complexity index is 707. The number of furan rings is 1. The van der Waals surface area contributed by atoms with Crippen molar-refractivity contribution >= 4 is 18.2 Å². The molecule has 1 aliphatic rings. The molecule has 8 heteroatoms. The number of hydrogen-bond acceptors (Lipinski definition) is 7. The number of likely N-dealkylation sites (tertiary alicyclic amines) is 1. The molecular weight excluding hydrogens is 318 g/mol. The van der Waals surface area contributed by atoms with Gasteiger partial charge in [0.15, 0.2) is 5.76 Å². The maximum atomic E-state index is 11.9. The fourth-order valence-electron chi connectivity index (χ4n) is 2.72. The van der Waals surface area contributed by atoms with Crippen molar-refractivity contribution in [1.82, 2.24) is 14.7 Å². The summed E-state index contributed by atoms with van der Waals surface area (Å²) < 4.78 is 17.5. The zero-order valence-electron chi connectivity index (χ0n) is 12.9. The molecule has 0 unspecified atom stereocenters. The van der Waals surface area contributed by atoms with Crippen LogP contribution in [0.3, 0.4) is 0 Å². The molecule has 0 radical (unpaired) electrons. The molecule has 1 aliphatic heterocycles. The van der Waals surface area contributed by atoms with Crippen LogP contribution >= 0.6 is 12.2 Å². The molecule has 0 N–H and O–H groups in total. The molecule has 2 aromatic heterocycles. The van der Waals surface area contributed by atoms with E-state index in [9.17, 15) is 4.79 Å². The second-order valence-electron chi connectivity index (χ2n) is 5.46. The summed E-state index contributed by atoms with van der Waals surface area (Å²) in [7, 11) is 0. The molecule has 0 aromatic carbocycles. The van der Waals surface area contributed by atoms with E-state index in [4.69, 9.17) is 25.8 Å². The zero-order valence-corrected chi connectivity index (χ0v) is 13.8. The zero-order chi connectivity index (χ0) is 16.2. The quantitative estimate of drug-likeness (QED) is 0.613. The van der Waals surface area contributed by atoms with Gasteiger partial charge in [0.1, 0.15) is 0 Å². The van der Waals surface area contributed by atoms with E-state index in [1.165, 1.54) is 0 Å². The van der Waals surface area contributed by atoms with Crippen LogP contribution in [0, 0.1) is 10.8 Å². The van der Waals surface area contributed by atoms with Gasteiger partial charge < -0.3 is 13.6 Å². The number of nitrogens with zero attached hydrogens (tertiary/aromatic N) is 3. The van der Waals surface area contributed by atoms with Gasteiger partial charge in [-0.3, -0.25) is 9.69 Å². The molecular formula is C15H19N3O4S. The Morgan fingerprint density at radius 1 is 1.57 bits per heavy atom. The predicted molar refractivity (Wildman–Crippen MR) is 84.0 cm³/mol. The summed E-state index contributed by atoms with van der Waals surface area (Å²) in [5.74, 6) is 0.684. The third-order valence-corrected chi connectivity index (χ3v) is 4.09. The number of piperidine rings is 1. The van der Waals surface area contributed by atoms with Crippen molar-refractivity contribution in [2.75, 3.05) is 19.7 Å². The standard InChI is InChI=1S/C15H19N3O4S/c1-2-20-14(19)11-5-3-7-17(9-11)10-18-15(23)22-13(16-18)12-6-4-8-21-12/h4,6,8,11H,2-3,5,7,9-10H2,1H3/t11-/m0/s1. The third-order valence-electron chi connectivity index (χ3n) is 3.80. The van der Waals surface area contributed by atoms with E-state index in [0.717, 1.165) is 19.4 Å². The van der Waals surface area contributed by atoms with E-state index in [2.05, 4.69) is 10.00 Å². The second-order valence-corrected chi connectivity index (χ2v) is 5.81. The number of carbonyl (C=O) groups is 1. The minimum Gasteiger partial charge on any atom is -0.466 e.